The number of carbonyl (C=O) groups excluding carboxylic acids is 2. The lowest BCUT2D eigenvalue weighted by Crippen LogP contribution is -2.51. The van der Waals surface area contributed by atoms with Crippen LogP contribution in [0.4, 0.5) is 4.79 Å². The highest BCUT2D eigenvalue weighted by atomic mass is 16.5. The predicted molar refractivity (Wildman–Crippen MR) is 126 cm³/mol. The third-order valence-corrected chi connectivity index (χ3v) is 5.95. The highest BCUT2D eigenvalue weighted by Crippen LogP contribution is 2.44. The Morgan fingerprint density at radius 2 is 1.68 bits per heavy atom. The van der Waals surface area contributed by atoms with Crippen LogP contribution in [0, 0.1) is 11.3 Å². The molecule has 1 atom stereocenters. The van der Waals surface area contributed by atoms with Gasteiger partial charge < -0.3 is 20.1 Å². The quantitative estimate of drug-likeness (QED) is 0.551. The minimum absolute atomic E-state index is 0.0753. The van der Waals surface area contributed by atoms with Crippen molar-refractivity contribution in [2.24, 2.45) is 0 Å². The van der Waals surface area contributed by atoms with E-state index >= 15 is 0 Å². The molecule has 0 bridgehead atoms. The smallest absolute Gasteiger partial charge is 0.407 e. The number of amides is 2. The average molecular weight is 464 g/mol. The summed E-state index contributed by atoms with van der Waals surface area (Å²) in [5.74, 6) is -1.63. The number of aliphatic carboxylic acids is 1. The van der Waals surface area contributed by atoms with Crippen LogP contribution < -0.4 is 5.32 Å². The molecule has 8 heteroatoms. The van der Waals surface area contributed by atoms with Gasteiger partial charge in [0, 0.05) is 24.9 Å². The lowest BCUT2D eigenvalue weighted by molar-refractivity contribution is -0.138. The van der Waals surface area contributed by atoms with E-state index in [1.165, 1.54) is 4.90 Å². The zero-order valence-corrected chi connectivity index (χ0v) is 19.4. The number of nitriles is 1. The van der Waals surface area contributed by atoms with Gasteiger partial charge in [0.15, 0.2) is 0 Å². The molecule has 8 nitrogen and oxygen atoms in total. The standard InChI is InChI=1S/C26H29N3O5/c1-17(2)29(15-7-14-27)25(32)23(12-13-24(30)31)28-26(33)34-16-22-20-10-5-3-8-18(20)19-9-4-6-11-21(19)22/h3-6,8-11,17,22-23H,7,12-13,15-16H2,1-2H3,(H,28,33)(H,30,31). The fraction of sp³-hybridized carbons (Fsp3) is 0.385. The molecule has 0 aromatic heterocycles. The van der Waals surface area contributed by atoms with Gasteiger partial charge in [-0.15, -0.1) is 0 Å². The summed E-state index contributed by atoms with van der Waals surface area (Å²) < 4.78 is 5.53. The van der Waals surface area contributed by atoms with Crippen molar-refractivity contribution >= 4 is 18.0 Å². The van der Waals surface area contributed by atoms with Crippen molar-refractivity contribution < 1.29 is 24.2 Å². The van der Waals surface area contributed by atoms with Crippen LogP contribution in [0.15, 0.2) is 48.5 Å². The third-order valence-electron chi connectivity index (χ3n) is 5.95. The average Bonchev–Trinajstić information content (AvgIpc) is 3.14. The number of ether oxygens (including phenoxy) is 1. The first kappa shape index (κ1) is 24.8. The lowest BCUT2D eigenvalue weighted by atomic mass is 9.98. The normalized spacial score (nSPS) is 12.9. The summed E-state index contributed by atoms with van der Waals surface area (Å²) in [6.45, 7) is 3.89. The summed E-state index contributed by atoms with van der Waals surface area (Å²) in [4.78, 5) is 38.3. The Labute approximate surface area is 199 Å². The number of nitrogens with one attached hydrogen (secondary N) is 1. The summed E-state index contributed by atoms with van der Waals surface area (Å²) in [6, 6.07) is 16.7. The number of carboxylic acid groups (broad SMARTS) is 1. The van der Waals surface area contributed by atoms with E-state index in [4.69, 9.17) is 15.1 Å². The molecule has 1 unspecified atom stereocenters. The molecular weight excluding hydrogens is 434 g/mol. The topological polar surface area (TPSA) is 120 Å². The van der Waals surface area contributed by atoms with Gasteiger partial charge >= 0.3 is 12.1 Å². The number of fused-ring (bicyclic) bond motifs is 3. The number of carbonyl (C=O) groups is 3. The number of hydrogen-bond acceptors (Lipinski definition) is 5. The molecule has 1 aliphatic carbocycles. The van der Waals surface area contributed by atoms with E-state index in [9.17, 15) is 14.4 Å². The maximum absolute atomic E-state index is 13.1. The maximum atomic E-state index is 13.1. The van der Waals surface area contributed by atoms with Gasteiger partial charge in [-0.3, -0.25) is 9.59 Å². The van der Waals surface area contributed by atoms with Crippen molar-refractivity contribution in [3.8, 4) is 17.2 Å². The van der Waals surface area contributed by atoms with Gasteiger partial charge in [0.1, 0.15) is 12.6 Å². The summed E-state index contributed by atoms with van der Waals surface area (Å²) >= 11 is 0. The van der Waals surface area contributed by atoms with Crippen molar-refractivity contribution in [1.82, 2.24) is 10.2 Å². The Morgan fingerprint density at radius 1 is 1.09 bits per heavy atom. The van der Waals surface area contributed by atoms with Gasteiger partial charge in [0.05, 0.1) is 12.5 Å². The van der Waals surface area contributed by atoms with Gasteiger partial charge in [-0.1, -0.05) is 48.5 Å². The summed E-state index contributed by atoms with van der Waals surface area (Å²) in [7, 11) is 0. The number of rotatable bonds is 10. The molecule has 0 heterocycles. The minimum Gasteiger partial charge on any atom is -0.481 e. The summed E-state index contributed by atoms with van der Waals surface area (Å²) in [5, 5.41) is 20.5. The summed E-state index contributed by atoms with van der Waals surface area (Å²) in [6.07, 6.45) is -1.01. The molecule has 2 aromatic carbocycles. The predicted octanol–water partition coefficient (Wildman–Crippen LogP) is 3.91. The molecule has 0 aliphatic heterocycles. The zero-order chi connectivity index (χ0) is 24.7. The third kappa shape index (κ3) is 5.73. The minimum atomic E-state index is -1.07. The Hall–Kier alpha value is -3.86. The van der Waals surface area contributed by atoms with E-state index in [1.807, 2.05) is 54.6 Å². The molecule has 2 aromatic rings. The highest BCUT2D eigenvalue weighted by molar-refractivity contribution is 5.86. The van der Waals surface area contributed by atoms with Crippen LogP contribution in [-0.4, -0.2) is 53.2 Å². The number of carboxylic acids is 1. The van der Waals surface area contributed by atoms with Crippen LogP contribution >= 0.6 is 0 Å². The summed E-state index contributed by atoms with van der Waals surface area (Å²) in [5.41, 5.74) is 4.34. The number of benzene rings is 2. The Kier molecular flexibility index (Phi) is 8.25. The molecule has 178 valence electrons. The molecule has 2 N–H and O–H groups in total. The highest BCUT2D eigenvalue weighted by Gasteiger charge is 2.31. The van der Waals surface area contributed by atoms with Crippen molar-refractivity contribution in [2.75, 3.05) is 13.2 Å². The number of hydrogen-bond donors (Lipinski definition) is 2. The molecule has 34 heavy (non-hydrogen) atoms. The van der Waals surface area contributed by atoms with Crippen LogP contribution in [-0.2, 0) is 14.3 Å². The molecular formula is C26H29N3O5. The van der Waals surface area contributed by atoms with Crippen LogP contribution in [0.25, 0.3) is 11.1 Å². The molecule has 0 spiro atoms. The molecule has 1 aliphatic rings. The van der Waals surface area contributed by atoms with Crippen LogP contribution in [0.5, 0.6) is 0 Å². The van der Waals surface area contributed by atoms with E-state index in [2.05, 4.69) is 5.32 Å². The molecule has 0 radical (unpaired) electrons. The SMILES string of the molecule is CC(C)N(CCC#N)C(=O)C(CCC(=O)O)NC(=O)OCC1c2ccccc2-c2ccccc21. The van der Waals surface area contributed by atoms with Crippen molar-refractivity contribution in [3.63, 3.8) is 0 Å². The zero-order valence-electron chi connectivity index (χ0n) is 19.4. The van der Waals surface area contributed by atoms with Gasteiger partial charge in [0.25, 0.3) is 0 Å². The fourth-order valence-electron chi connectivity index (χ4n) is 4.30. The Morgan fingerprint density at radius 3 is 2.21 bits per heavy atom. The van der Waals surface area contributed by atoms with Crippen molar-refractivity contribution in [1.29, 1.82) is 5.26 Å². The van der Waals surface area contributed by atoms with Gasteiger partial charge in [-0.25, -0.2) is 4.79 Å². The van der Waals surface area contributed by atoms with Crippen LogP contribution in [0.3, 0.4) is 0 Å². The van der Waals surface area contributed by atoms with Crippen LogP contribution in [0.1, 0.15) is 50.2 Å². The first-order valence-electron chi connectivity index (χ1n) is 11.3. The van der Waals surface area contributed by atoms with Gasteiger partial charge in [0.2, 0.25) is 5.91 Å². The molecule has 0 saturated carbocycles. The molecule has 2 amide bonds. The van der Waals surface area contributed by atoms with E-state index in [1.54, 1.807) is 13.8 Å². The van der Waals surface area contributed by atoms with Gasteiger partial charge in [-0.2, -0.15) is 5.26 Å². The molecule has 0 saturated heterocycles. The Balaban J connectivity index is 1.70. The fourth-order valence-corrected chi connectivity index (χ4v) is 4.30. The monoisotopic (exact) mass is 463 g/mol. The van der Waals surface area contributed by atoms with E-state index < -0.39 is 24.0 Å². The lowest BCUT2D eigenvalue weighted by Gasteiger charge is -2.30. The van der Waals surface area contributed by atoms with Crippen molar-refractivity contribution in [3.05, 3.63) is 59.7 Å². The second kappa shape index (κ2) is 11.3. The first-order valence-corrected chi connectivity index (χ1v) is 11.3. The maximum Gasteiger partial charge on any atom is 0.407 e. The number of alkyl carbamates (subject to hydrolysis) is 1. The van der Waals surface area contributed by atoms with E-state index in [0.717, 1.165) is 22.3 Å². The Bertz CT molecular complexity index is 1050. The molecule has 0 fully saturated rings. The van der Waals surface area contributed by atoms with Gasteiger partial charge in [-0.05, 0) is 42.5 Å². The van der Waals surface area contributed by atoms with E-state index in [0.29, 0.717) is 0 Å². The second-order valence-electron chi connectivity index (χ2n) is 8.49. The van der Waals surface area contributed by atoms with Crippen molar-refractivity contribution in [2.45, 2.75) is 51.1 Å². The van der Waals surface area contributed by atoms with E-state index in [-0.39, 0.29) is 44.4 Å². The second-order valence-corrected chi connectivity index (χ2v) is 8.49. The molecule has 3 rings (SSSR count). The first-order chi connectivity index (χ1) is 16.3. The largest absolute Gasteiger partial charge is 0.481 e. The number of nitrogens with zero attached hydrogens (tertiary/aromatic N) is 2. The van der Waals surface area contributed by atoms with Crippen LogP contribution in [0.2, 0.25) is 0 Å².